The zero-order valence-corrected chi connectivity index (χ0v) is 50.0. The molecule has 0 saturated heterocycles. The van der Waals surface area contributed by atoms with Crippen LogP contribution in [0.25, 0.3) is 0 Å². The average Bonchev–Trinajstić information content (AvgIpc) is 3.62. The Morgan fingerprint density at radius 3 is 1.47 bits per heavy atom. The Bertz CT molecular complexity index is 3280. The second kappa shape index (κ2) is 27.7. The summed E-state index contributed by atoms with van der Waals surface area (Å²) in [5.41, 5.74) is 13.3. The molecule has 14 heteroatoms. The normalized spacial score (nSPS) is 18.5. The third-order valence-corrected chi connectivity index (χ3v) is 16.7. The Morgan fingerprint density at radius 1 is 0.422 bits per heavy atom. The number of hydrogen-bond acceptors (Lipinski definition) is 4. The van der Waals surface area contributed by atoms with Gasteiger partial charge < -0.3 is 4.90 Å². The van der Waals surface area contributed by atoms with E-state index in [9.17, 15) is 26.3 Å². The van der Waals surface area contributed by atoms with Crippen LogP contribution >= 0.6 is 0 Å². The lowest BCUT2D eigenvalue weighted by molar-refractivity contribution is -0.589. The Balaban J connectivity index is 0.000000145. The van der Waals surface area contributed by atoms with Crippen LogP contribution in [0.2, 0.25) is 0 Å². The van der Waals surface area contributed by atoms with Gasteiger partial charge in [0.1, 0.15) is 12.7 Å². The number of hydrogen-bond donors (Lipinski definition) is 0. The van der Waals surface area contributed by atoms with Crippen molar-refractivity contribution in [1.82, 2.24) is 4.90 Å². The van der Waals surface area contributed by atoms with Crippen molar-refractivity contribution in [2.75, 3.05) is 48.4 Å². The lowest BCUT2D eigenvalue weighted by Gasteiger charge is -2.38. The molecule has 0 spiro atoms. The quantitative estimate of drug-likeness (QED) is 0.120. The smallest absolute Gasteiger partial charge is 0.318 e. The van der Waals surface area contributed by atoms with Gasteiger partial charge in [0, 0.05) is 122 Å². The summed E-state index contributed by atoms with van der Waals surface area (Å²) in [5, 5.41) is 0. The number of rotatable bonds is 7. The standard InChI is InChI=1S/C20H23N2.C18H31N2.C18H19N2.C13H11F6N2/c1-15-9-5-7-11-19(15)21-14-22(18(4)13-17(21)3)20-12-8-6-10-16(20)2;2*1-15-13-16(2)20(18-11-7-4-8-12-18)14-19(15)17-9-5-3-6-10-17;1-20-8-21(9-5-3-2-4-6-9)11(13(17,18)19)7-10(20)12(14,15)16/h5-13H,14H2,1-4H3;13,17-18H,3-12,14H2,1-2H3;3-13H,14H2,1-2H3;2-7H,8H2,1H3/q4*+1. The van der Waals surface area contributed by atoms with Crippen molar-refractivity contribution in [2.24, 2.45) is 0 Å². The highest BCUT2D eigenvalue weighted by Gasteiger charge is 2.50. The SMILES string of the molecule is CC1=CC(C)=[N+](C2CCCCC2)CN1C1CCCCC1.CC1=CC(C)=[N+](c2ccccc2)CN1c1ccccc1.CC1=CC(C)=[N+](c2ccccc2C)CN1c1ccccc1C.C[N+]1=C(C(F)(F)F)C=C(C(F)(F)F)N(c2ccccc2)C1. The molecule has 0 bridgehead atoms. The predicted octanol–water partition coefficient (Wildman–Crippen LogP) is 16.8. The van der Waals surface area contributed by atoms with E-state index in [4.69, 9.17) is 0 Å². The van der Waals surface area contributed by atoms with Crippen LogP contribution < -0.4 is 14.7 Å². The largest absolute Gasteiger partial charge is 0.477 e. The molecule has 2 saturated carbocycles. The first-order valence-electron chi connectivity index (χ1n) is 29.4. The molecule has 8 nitrogen and oxygen atoms in total. The van der Waals surface area contributed by atoms with Crippen LogP contribution in [-0.2, 0) is 0 Å². The number of allylic oxidation sites excluding steroid dienone is 8. The molecular formula is C69H84F6N8+4. The lowest BCUT2D eigenvalue weighted by Crippen LogP contribution is -2.47. The second-order valence-electron chi connectivity index (χ2n) is 22.7. The first kappa shape index (κ1) is 61.6. The monoisotopic (exact) mass is 1140 g/mol. The van der Waals surface area contributed by atoms with Crippen LogP contribution in [0.4, 0.5) is 54.8 Å². The maximum absolute atomic E-state index is 13.1. The summed E-state index contributed by atoms with van der Waals surface area (Å²) in [7, 11) is 1.10. The van der Waals surface area contributed by atoms with Gasteiger partial charge in [-0.05, 0) is 96.2 Å². The average molecular weight is 1140 g/mol. The fourth-order valence-electron chi connectivity index (χ4n) is 12.2. The van der Waals surface area contributed by atoms with Crippen LogP contribution in [0.5, 0.6) is 0 Å². The minimum atomic E-state index is -4.88. The highest BCUT2D eigenvalue weighted by molar-refractivity contribution is 5.97. The first-order chi connectivity index (χ1) is 39.7. The summed E-state index contributed by atoms with van der Waals surface area (Å²) in [6, 6.07) is 47.3. The lowest BCUT2D eigenvalue weighted by atomic mass is 9.92. The molecule has 0 atom stereocenters. The Morgan fingerprint density at radius 2 is 0.904 bits per heavy atom. The Labute approximate surface area is 489 Å². The summed E-state index contributed by atoms with van der Waals surface area (Å²) >= 11 is 0. The molecule has 6 aliphatic rings. The van der Waals surface area contributed by atoms with Crippen molar-refractivity contribution < 1.29 is 44.6 Å². The van der Waals surface area contributed by atoms with Gasteiger partial charge in [0.25, 0.3) is 5.71 Å². The van der Waals surface area contributed by atoms with E-state index in [0.717, 1.165) is 48.6 Å². The van der Waals surface area contributed by atoms with Crippen molar-refractivity contribution in [2.45, 2.75) is 144 Å². The zero-order valence-electron chi connectivity index (χ0n) is 50.0. The first-order valence-corrected chi connectivity index (χ1v) is 29.4. The van der Waals surface area contributed by atoms with Gasteiger partial charge in [0.2, 0.25) is 38.0 Å². The van der Waals surface area contributed by atoms with E-state index in [2.05, 4.69) is 211 Å². The molecule has 5 aromatic rings. The van der Waals surface area contributed by atoms with Crippen molar-refractivity contribution in [3.8, 4) is 0 Å². The second-order valence-corrected chi connectivity index (χ2v) is 22.7. The summed E-state index contributed by atoms with van der Waals surface area (Å²) in [5.74, 6) is 0. The molecule has 0 unspecified atom stereocenters. The van der Waals surface area contributed by atoms with Crippen LogP contribution in [0, 0.1) is 13.8 Å². The van der Waals surface area contributed by atoms with Crippen molar-refractivity contribution >= 4 is 51.3 Å². The van der Waals surface area contributed by atoms with Crippen LogP contribution in [-0.4, -0.2) is 104 Å². The number of alkyl halides is 6. The molecule has 0 aromatic heterocycles. The molecule has 2 aliphatic carbocycles. The van der Waals surface area contributed by atoms with Gasteiger partial charge in [0.15, 0.2) is 23.2 Å². The third-order valence-electron chi connectivity index (χ3n) is 16.7. The van der Waals surface area contributed by atoms with Crippen LogP contribution in [0.15, 0.2) is 187 Å². The molecular weight excluding hydrogens is 1050 g/mol. The number of nitrogens with zero attached hydrogens (tertiary/aromatic N) is 8. The van der Waals surface area contributed by atoms with Gasteiger partial charge in [-0.15, -0.1) is 0 Å². The Kier molecular flexibility index (Phi) is 20.6. The van der Waals surface area contributed by atoms with E-state index in [1.807, 2.05) is 0 Å². The van der Waals surface area contributed by atoms with E-state index in [-0.39, 0.29) is 11.8 Å². The van der Waals surface area contributed by atoms with Gasteiger partial charge in [-0.25, -0.2) is 9.15 Å². The van der Waals surface area contributed by atoms with E-state index in [1.54, 1.807) is 6.07 Å². The van der Waals surface area contributed by atoms with E-state index in [0.29, 0.717) is 0 Å². The molecule has 0 radical (unpaired) electrons. The molecule has 438 valence electrons. The summed E-state index contributed by atoms with van der Waals surface area (Å²) in [6.45, 7) is 20.0. The predicted molar refractivity (Wildman–Crippen MR) is 329 cm³/mol. The number of benzene rings is 5. The van der Waals surface area contributed by atoms with Gasteiger partial charge in [-0.1, -0.05) is 117 Å². The van der Waals surface area contributed by atoms with Crippen LogP contribution in [0.3, 0.4) is 0 Å². The molecule has 2 fully saturated rings. The van der Waals surface area contributed by atoms with Crippen LogP contribution in [0.1, 0.15) is 117 Å². The maximum Gasteiger partial charge on any atom is 0.477 e. The number of para-hydroxylation sites is 5. The summed E-state index contributed by atoms with van der Waals surface area (Å²) < 4.78 is 85.7. The molecule has 4 heterocycles. The molecule has 0 N–H and O–H groups in total. The molecule has 0 amide bonds. The van der Waals surface area contributed by atoms with Crippen molar-refractivity contribution in [3.05, 3.63) is 198 Å². The topological polar surface area (TPSA) is 25.0 Å². The number of anilines is 3. The third kappa shape index (κ3) is 15.6. The van der Waals surface area contributed by atoms with Gasteiger partial charge in [0.05, 0.1) is 0 Å². The summed E-state index contributed by atoms with van der Waals surface area (Å²) in [4.78, 5) is 8.23. The van der Waals surface area contributed by atoms with Gasteiger partial charge in [-0.2, -0.15) is 35.5 Å². The van der Waals surface area contributed by atoms with E-state index < -0.39 is 30.4 Å². The zero-order chi connectivity index (χ0) is 59.4. The Hall–Kier alpha value is -7.48. The highest BCUT2D eigenvalue weighted by Crippen LogP contribution is 2.36. The fourth-order valence-corrected chi connectivity index (χ4v) is 12.2. The van der Waals surface area contributed by atoms with Gasteiger partial charge in [-0.3, -0.25) is 14.7 Å². The number of halogens is 6. The maximum atomic E-state index is 13.1. The van der Waals surface area contributed by atoms with Crippen molar-refractivity contribution in [3.63, 3.8) is 0 Å². The molecule has 83 heavy (non-hydrogen) atoms. The van der Waals surface area contributed by atoms with E-state index >= 15 is 0 Å². The minimum Gasteiger partial charge on any atom is -0.318 e. The van der Waals surface area contributed by atoms with E-state index in [1.165, 1.54) is 157 Å². The molecule has 11 rings (SSSR count). The molecule has 4 aliphatic heterocycles. The molecule has 5 aromatic carbocycles. The van der Waals surface area contributed by atoms with Crippen molar-refractivity contribution in [1.29, 1.82) is 0 Å². The highest BCUT2D eigenvalue weighted by atomic mass is 19.4. The fraction of sp³-hybridized carbons (Fsp3) is 0.391. The van der Waals surface area contributed by atoms with Gasteiger partial charge >= 0.3 is 12.4 Å². The minimum absolute atomic E-state index is 0.135. The summed E-state index contributed by atoms with van der Waals surface area (Å²) in [6.07, 6.45) is 11.6. The number of aryl methyl sites for hydroxylation is 2.